The maximum absolute atomic E-state index is 11.5. The molecular weight excluding hydrogens is 534 g/mol. The van der Waals surface area contributed by atoms with E-state index in [1.807, 2.05) is 0 Å². The van der Waals surface area contributed by atoms with Gasteiger partial charge in [0, 0.05) is 6.54 Å². The van der Waals surface area contributed by atoms with Crippen LogP contribution in [0, 0.1) is 0 Å². The number of aliphatic hydroxyl groups is 4. The molecule has 7 atom stereocenters. The Morgan fingerprint density at radius 1 is 1.19 bits per heavy atom. The Balaban J connectivity index is 0.000000338. The van der Waals surface area contributed by atoms with Crippen molar-refractivity contribution >= 4 is 32.6 Å². The van der Waals surface area contributed by atoms with E-state index in [4.69, 9.17) is 35.7 Å². The summed E-state index contributed by atoms with van der Waals surface area (Å²) < 4.78 is 36.8. The number of aromatic nitrogens is 4. The van der Waals surface area contributed by atoms with Crippen molar-refractivity contribution in [1.82, 2.24) is 24.6 Å². The van der Waals surface area contributed by atoms with Crippen molar-refractivity contribution in [3.63, 3.8) is 0 Å². The number of nitrogens with zero attached hydrogens (tertiary/aromatic N) is 5. The summed E-state index contributed by atoms with van der Waals surface area (Å²) in [6.45, 7) is 0.894. The van der Waals surface area contributed by atoms with E-state index in [1.54, 1.807) is 0 Å². The second kappa shape index (κ2) is 10.6. The zero-order valence-corrected chi connectivity index (χ0v) is 20.3. The average Bonchev–Trinajstić information content (AvgIpc) is 3.38. The summed E-state index contributed by atoms with van der Waals surface area (Å²) in [7, 11) is -10.4. The molecule has 0 aromatic carbocycles. The van der Waals surface area contributed by atoms with Gasteiger partial charge in [0.1, 0.15) is 30.2 Å². The fraction of sp³-hybridized carbons (Fsp3) is 0.667. The van der Waals surface area contributed by atoms with Crippen LogP contribution >= 0.6 is 15.6 Å². The fourth-order valence-electron chi connectivity index (χ4n) is 3.39. The van der Waals surface area contributed by atoms with Crippen LogP contribution in [0.25, 0.3) is 11.2 Å². The predicted molar refractivity (Wildman–Crippen MR) is 114 cm³/mol. The minimum atomic E-state index is -5.29. The number of phosphoric acid groups is 2. The Bertz CT molecular complexity index is 1150. The van der Waals surface area contributed by atoms with Gasteiger partial charge in [0.05, 0.1) is 19.0 Å². The molecule has 4 heterocycles. The number of hydrogen-bond donors (Lipinski definition) is 9. The number of anilines is 1. The summed E-state index contributed by atoms with van der Waals surface area (Å²) in [5.41, 5.74) is 4.66. The van der Waals surface area contributed by atoms with Gasteiger partial charge in [-0.15, -0.1) is 0 Å². The molecule has 10 N–H and O–H groups in total. The summed E-state index contributed by atoms with van der Waals surface area (Å²) >= 11 is 0. The van der Waals surface area contributed by atoms with Crippen molar-refractivity contribution in [1.29, 1.82) is 0 Å². The first kappa shape index (κ1) is 28.9. The van der Waals surface area contributed by atoms with Crippen LogP contribution in [-0.2, 0) is 22.7 Å². The molecule has 2 fully saturated rings. The van der Waals surface area contributed by atoms with E-state index < -0.39 is 58.6 Å². The molecule has 3 unspecified atom stereocenters. The van der Waals surface area contributed by atoms with Crippen LogP contribution in [0.1, 0.15) is 19.6 Å². The van der Waals surface area contributed by atoms with Gasteiger partial charge in [-0.05, 0) is 13.3 Å². The third-order valence-electron chi connectivity index (χ3n) is 5.38. The highest BCUT2D eigenvalue weighted by atomic mass is 31.3. The van der Waals surface area contributed by atoms with E-state index in [2.05, 4.69) is 23.8 Å². The minimum Gasteiger partial charge on any atom is -0.389 e. The van der Waals surface area contributed by atoms with Gasteiger partial charge in [-0.2, -0.15) is 9.37 Å². The molecule has 204 valence electrons. The molecular formula is C15H26N6O13P2. The standard InChI is InChI=1S/C10H15N5O10P2.C5H11NO3/c11-8-5-9(13-2-12-8)15(3-14-5)10-7(17)6(16)4(24-10)1-23-27(21,22)25-26(18,19)20;1-5(8)4(7)2-3-6(5)9/h2-4,6-7,10,16-17H,1H2,(H,21,22)(H2,11,12,13)(H2,18,19,20);4,7-9H,2-3H2,1H3/t4-,6-,7-,10-;/m1./s1. The Labute approximate surface area is 202 Å². The minimum absolute atomic E-state index is 0.0856. The number of ether oxygens (including phenoxy) is 1. The largest absolute Gasteiger partial charge is 0.481 e. The lowest BCUT2D eigenvalue weighted by Crippen LogP contribution is -2.45. The summed E-state index contributed by atoms with van der Waals surface area (Å²) in [6, 6.07) is 0. The third kappa shape index (κ3) is 6.42. The smallest absolute Gasteiger partial charge is 0.389 e. The molecule has 21 heteroatoms. The van der Waals surface area contributed by atoms with Crippen LogP contribution in [-0.4, -0.2) is 108 Å². The number of hydrogen-bond acceptors (Lipinski definition) is 15. The third-order valence-corrected chi connectivity index (χ3v) is 7.53. The van der Waals surface area contributed by atoms with Gasteiger partial charge in [0.2, 0.25) is 0 Å². The second-order valence-electron chi connectivity index (χ2n) is 7.99. The lowest BCUT2D eigenvalue weighted by atomic mass is 10.1. The number of nitrogen functional groups attached to an aromatic ring is 1. The van der Waals surface area contributed by atoms with Crippen LogP contribution in [0.4, 0.5) is 5.82 Å². The first-order valence-corrected chi connectivity index (χ1v) is 13.1. The van der Waals surface area contributed by atoms with E-state index in [0.717, 1.165) is 11.4 Å². The number of rotatable bonds is 6. The topological polar surface area (TPSA) is 297 Å². The lowest BCUT2D eigenvalue weighted by molar-refractivity contribution is -0.252. The molecule has 0 spiro atoms. The molecule has 0 radical (unpaired) electrons. The Morgan fingerprint density at radius 3 is 2.39 bits per heavy atom. The van der Waals surface area contributed by atoms with E-state index in [-0.39, 0.29) is 17.0 Å². The van der Waals surface area contributed by atoms with E-state index in [9.17, 15) is 24.2 Å². The molecule has 4 rings (SSSR count). The molecule has 0 bridgehead atoms. The first-order chi connectivity index (χ1) is 16.5. The predicted octanol–water partition coefficient (Wildman–Crippen LogP) is -2.60. The van der Waals surface area contributed by atoms with Crippen molar-refractivity contribution < 1.29 is 63.0 Å². The van der Waals surface area contributed by atoms with Crippen LogP contribution in [0.2, 0.25) is 0 Å². The quantitative estimate of drug-likeness (QED) is 0.164. The molecule has 0 aliphatic carbocycles. The number of imidazole rings is 1. The first-order valence-electron chi connectivity index (χ1n) is 10.1. The number of nitrogens with two attached hydrogens (primary N) is 1. The molecule has 0 amide bonds. The van der Waals surface area contributed by atoms with Crippen molar-refractivity contribution in [2.45, 2.75) is 49.7 Å². The van der Waals surface area contributed by atoms with Crippen LogP contribution in [0.5, 0.6) is 0 Å². The van der Waals surface area contributed by atoms with Crippen LogP contribution in [0.3, 0.4) is 0 Å². The zero-order valence-electron chi connectivity index (χ0n) is 18.5. The molecule has 2 saturated heterocycles. The zero-order chi connectivity index (χ0) is 27.1. The van der Waals surface area contributed by atoms with Gasteiger partial charge >= 0.3 is 15.6 Å². The second-order valence-corrected chi connectivity index (χ2v) is 10.8. The average molecular weight is 560 g/mol. The molecule has 2 aromatic heterocycles. The number of hydroxylamine groups is 2. The highest BCUT2D eigenvalue weighted by Gasteiger charge is 2.46. The number of fused-ring (bicyclic) bond motifs is 1. The molecule has 2 aromatic rings. The van der Waals surface area contributed by atoms with Gasteiger partial charge in [-0.3, -0.25) is 9.09 Å². The summed E-state index contributed by atoms with van der Waals surface area (Å²) in [6.07, 6.45) is -3.61. The highest BCUT2D eigenvalue weighted by Crippen LogP contribution is 2.57. The van der Waals surface area contributed by atoms with E-state index in [0.29, 0.717) is 13.0 Å². The monoisotopic (exact) mass is 560 g/mol. The van der Waals surface area contributed by atoms with Gasteiger partial charge in [-0.25, -0.2) is 24.1 Å². The van der Waals surface area contributed by atoms with Gasteiger partial charge in [0.25, 0.3) is 0 Å². The van der Waals surface area contributed by atoms with E-state index >= 15 is 0 Å². The van der Waals surface area contributed by atoms with Gasteiger partial charge in [-0.1, -0.05) is 0 Å². The number of phosphoric ester groups is 1. The normalized spacial score (nSPS) is 32.9. The van der Waals surface area contributed by atoms with Gasteiger partial charge < -0.3 is 50.8 Å². The van der Waals surface area contributed by atoms with Crippen molar-refractivity contribution in [3.8, 4) is 0 Å². The summed E-state index contributed by atoms with van der Waals surface area (Å²) in [5, 5.41) is 48.0. The summed E-state index contributed by atoms with van der Waals surface area (Å²) in [4.78, 5) is 38.1. The molecule has 0 saturated carbocycles. The van der Waals surface area contributed by atoms with E-state index in [1.165, 1.54) is 17.8 Å². The van der Waals surface area contributed by atoms with Crippen molar-refractivity contribution in [2.24, 2.45) is 0 Å². The SMILES string of the molecule is CC1(O)C(O)CCN1O.Nc1ncnc2c1ncn2[C@@H]1O[C@H](COP(=O)(O)OP(=O)(O)O)[C@@H](O)[C@H]1O. The van der Waals surface area contributed by atoms with Crippen molar-refractivity contribution in [3.05, 3.63) is 12.7 Å². The maximum Gasteiger partial charge on any atom is 0.481 e. The highest BCUT2D eigenvalue weighted by molar-refractivity contribution is 7.60. The van der Waals surface area contributed by atoms with Crippen LogP contribution < -0.4 is 5.73 Å². The molecule has 2 aliphatic rings. The Hall–Kier alpha value is -1.67. The Kier molecular flexibility index (Phi) is 8.51. The number of aliphatic hydroxyl groups excluding tert-OH is 3. The lowest BCUT2D eigenvalue weighted by Gasteiger charge is -2.26. The molecule has 36 heavy (non-hydrogen) atoms. The summed E-state index contributed by atoms with van der Waals surface area (Å²) in [5.74, 6) is 0.0856. The van der Waals surface area contributed by atoms with Crippen molar-refractivity contribution in [2.75, 3.05) is 18.9 Å². The molecule has 19 nitrogen and oxygen atoms in total. The maximum atomic E-state index is 11.5. The Morgan fingerprint density at radius 2 is 1.86 bits per heavy atom. The molecule has 2 aliphatic heterocycles. The van der Waals surface area contributed by atoms with Gasteiger partial charge in [0.15, 0.2) is 23.4 Å². The fourth-order valence-corrected chi connectivity index (χ4v) is 4.99. The van der Waals surface area contributed by atoms with Crippen LogP contribution in [0.15, 0.2) is 12.7 Å².